The molecule has 11 heteroatoms. The van der Waals surface area contributed by atoms with Crippen molar-refractivity contribution in [3.05, 3.63) is 28.3 Å². The smallest absolute Gasteiger partial charge is 0.276 e. The van der Waals surface area contributed by atoms with E-state index in [0.717, 1.165) is 0 Å². The van der Waals surface area contributed by atoms with Gasteiger partial charge in [0.1, 0.15) is 0 Å². The number of nitrogens with two attached hydrogens (primary N) is 2. The van der Waals surface area contributed by atoms with Crippen molar-refractivity contribution < 1.29 is 27.2 Å². The summed E-state index contributed by atoms with van der Waals surface area (Å²) in [4.78, 5) is 15.4. The molecule has 0 aliphatic carbocycles. The number of carbonyl (C=O) groups is 1. The maximum atomic E-state index is 11.9. The highest BCUT2D eigenvalue weighted by atomic mass is 35.5. The predicted molar refractivity (Wildman–Crippen MR) is 94.4 cm³/mol. The zero-order chi connectivity index (χ0) is 19.2. The molecule has 0 atom stereocenters. The van der Waals surface area contributed by atoms with Crippen LogP contribution in [0.2, 0.25) is 5.02 Å². The molecule has 138 valence electrons. The summed E-state index contributed by atoms with van der Waals surface area (Å²) in [5.74, 6) is 0.300. The van der Waals surface area contributed by atoms with Gasteiger partial charge in [0.25, 0.3) is 16.0 Å². The molecule has 1 aromatic rings. The minimum Gasteiger partial charge on any atom is -0.493 e. The van der Waals surface area contributed by atoms with Crippen molar-refractivity contribution in [2.75, 3.05) is 20.0 Å². The largest absolute Gasteiger partial charge is 0.493 e. The second-order valence-electron chi connectivity index (χ2n) is 4.87. The lowest BCUT2D eigenvalue weighted by molar-refractivity contribution is -0.114. The maximum Gasteiger partial charge on any atom is 0.276 e. The zero-order valence-electron chi connectivity index (χ0n) is 13.5. The molecular weight excluding hydrogens is 374 g/mol. The van der Waals surface area contributed by atoms with E-state index in [4.69, 9.17) is 37.1 Å². The predicted octanol–water partition coefficient (Wildman–Crippen LogP) is 0.819. The van der Waals surface area contributed by atoms with Gasteiger partial charge in [0.15, 0.2) is 17.5 Å². The minimum atomic E-state index is -3.67. The summed E-state index contributed by atoms with van der Waals surface area (Å²) in [5.41, 5.74) is 11.5. The third-order valence-corrected chi connectivity index (χ3v) is 2.94. The van der Waals surface area contributed by atoms with Crippen LogP contribution in [-0.4, -0.2) is 44.8 Å². The number of ether oxygens (including phenoxy) is 2. The topological polar surface area (TPSA) is 154 Å². The first kappa shape index (κ1) is 20.7. The number of methoxy groups -OCH3 is 1. The Morgan fingerprint density at radius 1 is 1.40 bits per heavy atom. The van der Waals surface area contributed by atoms with Crippen LogP contribution in [0.15, 0.2) is 22.7 Å². The van der Waals surface area contributed by atoms with Crippen molar-refractivity contribution in [3.63, 3.8) is 0 Å². The highest BCUT2D eigenvalue weighted by molar-refractivity contribution is 7.85. The second-order valence-corrected chi connectivity index (χ2v) is 6.77. The highest BCUT2D eigenvalue weighted by Gasteiger charge is 2.19. The second kappa shape index (κ2) is 8.70. The molecule has 25 heavy (non-hydrogen) atoms. The number of carbonyl (C=O) groups excluding carboxylic acids is 1. The molecule has 0 saturated carbocycles. The Morgan fingerprint density at radius 2 is 2.00 bits per heavy atom. The number of nitrogens with zero attached hydrogens (tertiary/aromatic N) is 1. The quantitative estimate of drug-likeness (QED) is 0.380. The first-order valence-corrected chi connectivity index (χ1v) is 9.01. The number of fused-ring (bicyclic) bond motifs is 1. The Morgan fingerprint density at radius 3 is 2.52 bits per heavy atom. The van der Waals surface area contributed by atoms with Gasteiger partial charge in [0, 0.05) is 28.6 Å². The summed E-state index contributed by atoms with van der Waals surface area (Å²) in [6.07, 6.45) is 2.77. The fourth-order valence-electron chi connectivity index (χ4n) is 1.88. The molecule has 1 aromatic carbocycles. The van der Waals surface area contributed by atoms with Gasteiger partial charge in [-0.25, -0.2) is 0 Å². The van der Waals surface area contributed by atoms with Gasteiger partial charge in [0.05, 0.1) is 20.0 Å². The van der Waals surface area contributed by atoms with Gasteiger partial charge in [-0.3, -0.25) is 9.35 Å². The number of rotatable bonds is 2. The molecule has 5 N–H and O–H groups in total. The molecule has 9 nitrogen and oxygen atoms in total. The third-order valence-electron chi connectivity index (χ3n) is 2.72. The average Bonchev–Trinajstić information content (AvgIpc) is 2.66. The van der Waals surface area contributed by atoms with Gasteiger partial charge in [0.2, 0.25) is 0 Å². The van der Waals surface area contributed by atoms with Crippen LogP contribution in [0.1, 0.15) is 12.0 Å². The van der Waals surface area contributed by atoms with E-state index < -0.39 is 16.0 Å². The molecular formula is C14H18ClN3O6S. The normalized spacial score (nSPS) is 13.0. The summed E-state index contributed by atoms with van der Waals surface area (Å²) in [6.45, 7) is 0.322. The van der Waals surface area contributed by atoms with Gasteiger partial charge < -0.3 is 20.9 Å². The minimum absolute atomic E-state index is 0.273. The van der Waals surface area contributed by atoms with E-state index >= 15 is 0 Å². The average molecular weight is 392 g/mol. The van der Waals surface area contributed by atoms with Gasteiger partial charge in [-0.05, 0) is 12.1 Å². The van der Waals surface area contributed by atoms with E-state index in [-0.39, 0.29) is 5.96 Å². The van der Waals surface area contributed by atoms with Crippen molar-refractivity contribution in [2.24, 2.45) is 16.5 Å². The number of halogens is 1. The molecule has 1 amide bonds. The summed E-state index contributed by atoms with van der Waals surface area (Å²) in [5, 5.41) is 0.482. The first-order valence-electron chi connectivity index (χ1n) is 6.78. The molecule has 0 radical (unpaired) electrons. The van der Waals surface area contributed by atoms with Gasteiger partial charge in [-0.2, -0.15) is 13.4 Å². The van der Waals surface area contributed by atoms with Crippen LogP contribution in [0.3, 0.4) is 0 Å². The summed E-state index contributed by atoms with van der Waals surface area (Å²) < 4.78 is 36.7. The van der Waals surface area contributed by atoms with Crippen LogP contribution in [-0.2, 0) is 14.9 Å². The van der Waals surface area contributed by atoms with Crippen LogP contribution in [0, 0.1) is 0 Å². The van der Waals surface area contributed by atoms with Crippen LogP contribution < -0.4 is 20.9 Å². The monoisotopic (exact) mass is 391 g/mol. The SMILES string of the molecule is COc1cc(Cl)cc2c1OCCC(C(=O)N=C(N)N)=C2.CS(=O)(=O)O. The molecule has 0 bridgehead atoms. The van der Waals surface area contributed by atoms with Crippen LogP contribution in [0.5, 0.6) is 11.5 Å². The summed E-state index contributed by atoms with van der Waals surface area (Å²) >= 11 is 6.01. The summed E-state index contributed by atoms with van der Waals surface area (Å²) in [6, 6.07) is 3.34. The van der Waals surface area contributed by atoms with Crippen molar-refractivity contribution in [1.82, 2.24) is 0 Å². The molecule has 0 saturated heterocycles. The Bertz CT molecular complexity index is 808. The number of benzene rings is 1. The van der Waals surface area contributed by atoms with E-state index in [1.807, 2.05) is 0 Å². The molecule has 1 aliphatic heterocycles. The lowest BCUT2D eigenvalue weighted by atomic mass is 10.1. The van der Waals surface area contributed by atoms with Crippen molar-refractivity contribution >= 4 is 39.7 Å². The molecule has 1 heterocycles. The van der Waals surface area contributed by atoms with E-state index in [1.54, 1.807) is 18.2 Å². The zero-order valence-corrected chi connectivity index (χ0v) is 15.1. The summed E-state index contributed by atoms with van der Waals surface area (Å²) in [7, 11) is -2.14. The molecule has 0 spiro atoms. The Labute approximate surface area is 150 Å². The van der Waals surface area contributed by atoms with Crippen LogP contribution in [0.25, 0.3) is 6.08 Å². The standard InChI is InChI=1S/C13H14ClN3O3.CH4O3S/c1-19-10-6-9(14)5-8-4-7(2-3-20-11(8)10)12(18)17-13(15)16;1-5(2,3)4/h4-6H,2-3H2,1H3,(H4,15,16,17,18);1H3,(H,2,3,4). The number of hydrogen-bond acceptors (Lipinski definition) is 5. The first-order chi connectivity index (χ1) is 11.5. The van der Waals surface area contributed by atoms with Crippen molar-refractivity contribution in [3.8, 4) is 11.5 Å². The highest BCUT2D eigenvalue weighted by Crippen LogP contribution is 2.37. The Kier molecular flexibility index (Phi) is 7.22. The number of hydrogen-bond donors (Lipinski definition) is 3. The lowest BCUT2D eigenvalue weighted by Crippen LogP contribution is -2.24. The van der Waals surface area contributed by atoms with E-state index in [2.05, 4.69) is 4.99 Å². The third kappa shape index (κ3) is 7.42. The number of aliphatic imine (C=N–C) groups is 1. The molecule has 0 unspecified atom stereocenters. The molecule has 0 aromatic heterocycles. The van der Waals surface area contributed by atoms with Crippen molar-refractivity contribution in [1.29, 1.82) is 0 Å². The number of guanidine groups is 1. The molecule has 0 fully saturated rings. The fourth-order valence-corrected chi connectivity index (χ4v) is 2.10. The van der Waals surface area contributed by atoms with E-state index in [0.29, 0.717) is 46.9 Å². The Balaban J connectivity index is 0.000000550. The number of amides is 1. The fraction of sp³-hybridized carbons (Fsp3) is 0.286. The van der Waals surface area contributed by atoms with E-state index in [1.165, 1.54) is 7.11 Å². The van der Waals surface area contributed by atoms with E-state index in [9.17, 15) is 13.2 Å². The molecule has 2 rings (SSSR count). The van der Waals surface area contributed by atoms with Crippen LogP contribution in [0.4, 0.5) is 0 Å². The van der Waals surface area contributed by atoms with Gasteiger partial charge in [-0.15, -0.1) is 0 Å². The van der Waals surface area contributed by atoms with Gasteiger partial charge >= 0.3 is 0 Å². The maximum absolute atomic E-state index is 11.9. The molecule has 1 aliphatic rings. The lowest BCUT2D eigenvalue weighted by Gasteiger charge is -2.11. The van der Waals surface area contributed by atoms with Crippen LogP contribution >= 0.6 is 11.6 Å². The van der Waals surface area contributed by atoms with Crippen molar-refractivity contribution in [2.45, 2.75) is 6.42 Å². The Hall–Kier alpha value is -2.30. The van der Waals surface area contributed by atoms with Gasteiger partial charge in [-0.1, -0.05) is 11.6 Å².